The van der Waals surface area contributed by atoms with Crippen LogP contribution in [0, 0.1) is 11.3 Å². The number of nitrogens with zero attached hydrogens (tertiary/aromatic N) is 1. The van der Waals surface area contributed by atoms with E-state index in [-0.39, 0.29) is 23.9 Å². The van der Waals surface area contributed by atoms with Crippen LogP contribution in [0.1, 0.15) is 38.2 Å². The number of ether oxygens (including phenoxy) is 2. The summed E-state index contributed by atoms with van der Waals surface area (Å²) >= 11 is 0. The Morgan fingerprint density at radius 3 is 2.43 bits per heavy atom. The van der Waals surface area contributed by atoms with E-state index in [1.807, 2.05) is 43.3 Å². The van der Waals surface area contributed by atoms with Crippen molar-refractivity contribution in [2.45, 2.75) is 32.6 Å². The second-order valence-corrected chi connectivity index (χ2v) is 6.59. The summed E-state index contributed by atoms with van der Waals surface area (Å²) in [6, 6.07) is 18.0. The van der Waals surface area contributed by atoms with Crippen molar-refractivity contribution in [2.75, 3.05) is 13.2 Å². The molecule has 0 saturated carbocycles. The van der Waals surface area contributed by atoms with Crippen LogP contribution in [0.5, 0.6) is 11.5 Å². The highest BCUT2D eigenvalue weighted by Gasteiger charge is 2.09. The molecular weight excluding hydrogens is 380 g/mol. The van der Waals surface area contributed by atoms with Crippen molar-refractivity contribution in [1.29, 1.82) is 5.26 Å². The first kappa shape index (κ1) is 22.7. The standard InChI is InChI=1S/C24H26N2O4/c1-2-3-15-26-24(28)20(18-25)17-19-11-13-22(14-12-19)30-23(27)10-7-16-29-21-8-5-4-6-9-21/h4-6,8-9,11-14,17H,2-3,7,10,15-16H2,1H3,(H,26,28)/b20-17+. The van der Waals surface area contributed by atoms with Gasteiger partial charge >= 0.3 is 5.97 Å². The number of esters is 1. The quantitative estimate of drug-likeness (QED) is 0.198. The van der Waals surface area contributed by atoms with Gasteiger partial charge in [0.2, 0.25) is 0 Å². The van der Waals surface area contributed by atoms with E-state index in [2.05, 4.69) is 5.32 Å². The van der Waals surface area contributed by atoms with Crippen LogP contribution in [-0.4, -0.2) is 25.0 Å². The van der Waals surface area contributed by atoms with Gasteiger partial charge in [0.1, 0.15) is 23.1 Å². The van der Waals surface area contributed by atoms with E-state index < -0.39 is 0 Å². The van der Waals surface area contributed by atoms with Crippen LogP contribution in [0.15, 0.2) is 60.2 Å². The average Bonchev–Trinajstić information content (AvgIpc) is 2.77. The van der Waals surface area contributed by atoms with Crippen molar-refractivity contribution in [2.24, 2.45) is 0 Å². The highest BCUT2D eigenvalue weighted by molar-refractivity contribution is 6.01. The molecule has 0 aliphatic carbocycles. The molecular formula is C24H26N2O4. The Morgan fingerprint density at radius 2 is 1.77 bits per heavy atom. The number of nitrogens with one attached hydrogen (secondary N) is 1. The summed E-state index contributed by atoms with van der Waals surface area (Å²) in [5.74, 6) is 0.444. The number of hydrogen-bond acceptors (Lipinski definition) is 5. The lowest BCUT2D eigenvalue weighted by atomic mass is 10.1. The Kier molecular flexibility index (Phi) is 9.67. The summed E-state index contributed by atoms with van der Waals surface area (Å²) in [5, 5.41) is 11.9. The number of rotatable bonds is 11. The third-order valence-corrected chi connectivity index (χ3v) is 4.14. The van der Waals surface area contributed by atoms with E-state index in [1.54, 1.807) is 24.3 Å². The van der Waals surface area contributed by atoms with Gasteiger partial charge in [-0.1, -0.05) is 43.7 Å². The number of carbonyl (C=O) groups excluding carboxylic acids is 2. The van der Waals surface area contributed by atoms with Gasteiger partial charge in [-0.25, -0.2) is 0 Å². The van der Waals surface area contributed by atoms with Crippen LogP contribution in [0.3, 0.4) is 0 Å². The van der Waals surface area contributed by atoms with E-state index in [0.717, 1.165) is 18.6 Å². The van der Waals surface area contributed by atoms with Gasteiger partial charge in [-0.2, -0.15) is 5.26 Å². The van der Waals surface area contributed by atoms with E-state index in [1.165, 1.54) is 6.08 Å². The van der Waals surface area contributed by atoms with Gasteiger partial charge in [0, 0.05) is 13.0 Å². The average molecular weight is 406 g/mol. The Bertz CT molecular complexity index is 884. The van der Waals surface area contributed by atoms with Gasteiger partial charge in [-0.3, -0.25) is 9.59 Å². The molecule has 0 aromatic heterocycles. The molecule has 0 aliphatic heterocycles. The lowest BCUT2D eigenvalue weighted by Crippen LogP contribution is -2.25. The van der Waals surface area contributed by atoms with Crippen molar-refractivity contribution in [1.82, 2.24) is 5.32 Å². The fraction of sp³-hybridized carbons (Fsp3) is 0.292. The Balaban J connectivity index is 1.79. The molecule has 0 radical (unpaired) electrons. The number of nitriles is 1. The first-order chi connectivity index (χ1) is 14.6. The molecule has 0 spiro atoms. The Labute approximate surface area is 177 Å². The minimum atomic E-state index is -0.390. The normalized spacial score (nSPS) is 10.7. The van der Waals surface area contributed by atoms with Gasteiger partial charge in [-0.15, -0.1) is 0 Å². The zero-order chi connectivity index (χ0) is 21.6. The van der Waals surface area contributed by atoms with Crippen molar-refractivity contribution < 1.29 is 19.1 Å². The molecule has 0 unspecified atom stereocenters. The minimum absolute atomic E-state index is 0.0364. The zero-order valence-electron chi connectivity index (χ0n) is 17.1. The van der Waals surface area contributed by atoms with Crippen LogP contribution >= 0.6 is 0 Å². The summed E-state index contributed by atoms with van der Waals surface area (Å²) in [6.45, 7) is 3.00. The van der Waals surface area contributed by atoms with Gasteiger partial charge < -0.3 is 14.8 Å². The van der Waals surface area contributed by atoms with Crippen molar-refractivity contribution in [3.63, 3.8) is 0 Å². The van der Waals surface area contributed by atoms with Crippen LogP contribution in [0.25, 0.3) is 6.08 Å². The summed E-state index contributed by atoms with van der Waals surface area (Å²) in [4.78, 5) is 24.0. The topological polar surface area (TPSA) is 88.4 Å². The number of hydrogen-bond donors (Lipinski definition) is 1. The van der Waals surface area contributed by atoms with E-state index in [0.29, 0.717) is 30.9 Å². The predicted octanol–water partition coefficient (Wildman–Crippen LogP) is 4.27. The lowest BCUT2D eigenvalue weighted by Gasteiger charge is -2.07. The van der Waals surface area contributed by atoms with E-state index in [4.69, 9.17) is 9.47 Å². The summed E-state index contributed by atoms with van der Waals surface area (Å²) in [7, 11) is 0. The lowest BCUT2D eigenvalue weighted by molar-refractivity contribution is -0.134. The molecule has 1 N–H and O–H groups in total. The summed E-state index contributed by atoms with van der Waals surface area (Å²) < 4.78 is 10.9. The maximum absolute atomic E-state index is 12.0. The largest absolute Gasteiger partial charge is 0.494 e. The molecule has 6 nitrogen and oxygen atoms in total. The number of benzene rings is 2. The monoisotopic (exact) mass is 406 g/mol. The molecule has 6 heteroatoms. The van der Waals surface area contributed by atoms with Gasteiger partial charge in [0.05, 0.1) is 6.61 Å². The molecule has 30 heavy (non-hydrogen) atoms. The molecule has 0 fully saturated rings. The fourth-order valence-electron chi connectivity index (χ4n) is 2.53. The second-order valence-electron chi connectivity index (χ2n) is 6.59. The molecule has 0 heterocycles. The van der Waals surface area contributed by atoms with Crippen molar-refractivity contribution in [3.8, 4) is 17.6 Å². The fourth-order valence-corrected chi connectivity index (χ4v) is 2.53. The molecule has 2 rings (SSSR count). The van der Waals surface area contributed by atoms with E-state index in [9.17, 15) is 14.9 Å². The molecule has 1 amide bonds. The third kappa shape index (κ3) is 8.19. The molecule has 156 valence electrons. The number of amides is 1. The maximum Gasteiger partial charge on any atom is 0.311 e. The van der Waals surface area contributed by atoms with Crippen LogP contribution in [-0.2, 0) is 9.59 Å². The molecule has 0 atom stereocenters. The maximum atomic E-state index is 12.0. The zero-order valence-corrected chi connectivity index (χ0v) is 17.1. The first-order valence-electron chi connectivity index (χ1n) is 10.0. The molecule has 0 bridgehead atoms. The van der Waals surface area contributed by atoms with Gasteiger partial charge in [0.15, 0.2) is 0 Å². The predicted molar refractivity (Wildman–Crippen MR) is 115 cm³/mol. The third-order valence-electron chi connectivity index (χ3n) is 4.14. The Morgan fingerprint density at radius 1 is 1.03 bits per heavy atom. The van der Waals surface area contributed by atoms with Crippen molar-refractivity contribution >= 4 is 18.0 Å². The van der Waals surface area contributed by atoms with Crippen LogP contribution in [0.2, 0.25) is 0 Å². The Hall–Kier alpha value is -3.59. The summed E-state index contributed by atoms with van der Waals surface area (Å²) in [5.41, 5.74) is 0.711. The molecule has 0 saturated heterocycles. The van der Waals surface area contributed by atoms with Gasteiger partial charge in [0.25, 0.3) is 5.91 Å². The highest BCUT2D eigenvalue weighted by Crippen LogP contribution is 2.16. The highest BCUT2D eigenvalue weighted by atomic mass is 16.5. The molecule has 2 aromatic rings. The second kappa shape index (κ2) is 12.8. The smallest absolute Gasteiger partial charge is 0.311 e. The van der Waals surface area contributed by atoms with Crippen LogP contribution < -0.4 is 14.8 Å². The molecule has 0 aliphatic rings. The van der Waals surface area contributed by atoms with Gasteiger partial charge in [-0.05, 0) is 48.7 Å². The SMILES string of the molecule is CCCCNC(=O)/C(C#N)=C/c1ccc(OC(=O)CCCOc2ccccc2)cc1. The summed E-state index contributed by atoms with van der Waals surface area (Å²) in [6.07, 6.45) is 4.13. The van der Waals surface area contributed by atoms with Crippen molar-refractivity contribution in [3.05, 3.63) is 65.7 Å². The number of para-hydroxylation sites is 1. The van der Waals surface area contributed by atoms with E-state index >= 15 is 0 Å². The van der Waals surface area contributed by atoms with Crippen LogP contribution in [0.4, 0.5) is 0 Å². The number of carbonyl (C=O) groups is 2. The minimum Gasteiger partial charge on any atom is -0.494 e. The molecule has 2 aromatic carbocycles. The number of unbranched alkanes of at least 4 members (excludes halogenated alkanes) is 1. The first-order valence-corrected chi connectivity index (χ1v) is 10.0.